The molecule has 1 aliphatic heterocycles. The number of carbonyl (C=O) groups is 1. The van der Waals surface area contributed by atoms with Gasteiger partial charge >= 0.3 is 5.97 Å². The molecule has 0 aromatic carbocycles. The second-order valence-electron chi connectivity index (χ2n) is 12.9. The number of esters is 1. The van der Waals surface area contributed by atoms with Gasteiger partial charge in [-0.05, 0) is 70.0 Å². The number of hydrogen-bond donors (Lipinski definition) is 1. The Morgan fingerprint density at radius 2 is 1.69 bits per heavy atom. The molecule has 1 saturated heterocycles. The van der Waals surface area contributed by atoms with Crippen molar-refractivity contribution in [1.82, 2.24) is 0 Å². The molecule has 5 atom stereocenters. The van der Waals surface area contributed by atoms with Gasteiger partial charge in [-0.1, -0.05) is 52.9 Å². The quantitative estimate of drug-likeness (QED) is 0.140. The molecule has 0 radical (unpaired) electrons. The zero-order valence-electron chi connectivity index (χ0n) is 24.4. The van der Waals surface area contributed by atoms with Crippen molar-refractivity contribution in [2.75, 3.05) is 13.2 Å². The van der Waals surface area contributed by atoms with E-state index in [9.17, 15) is 9.90 Å². The highest BCUT2D eigenvalue weighted by Crippen LogP contribution is 2.42. The van der Waals surface area contributed by atoms with Crippen LogP contribution >= 0.6 is 0 Å². The molecule has 6 nitrogen and oxygen atoms in total. The van der Waals surface area contributed by atoms with E-state index < -0.39 is 8.32 Å². The minimum absolute atomic E-state index is 0.00321. The molecule has 1 N–H and O–H groups in total. The standard InChI is InChI=1S/C29H56O6Si/c1-22(2)34-27(31)17-13-11-9-8-10-12-16-23-24(21-33-36(6,7)29(3,4)5)26(20-25(23)30)35-28-18-14-15-19-32-28/h22-26,28,30H,8-21H2,1-7H3/t23-,24-,25+,26-,28?/m1/s1. The van der Waals surface area contributed by atoms with Crippen LogP contribution in [0, 0.1) is 11.8 Å². The summed E-state index contributed by atoms with van der Waals surface area (Å²) in [5.41, 5.74) is 0. The molecule has 7 heteroatoms. The molecule has 1 heterocycles. The van der Waals surface area contributed by atoms with Gasteiger partial charge in [0.05, 0.1) is 18.3 Å². The highest BCUT2D eigenvalue weighted by Gasteiger charge is 2.46. The highest BCUT2D eigenvalue weighted by atomic mass is 28.4. The summed E-state index contributed by atoms with van der Waals surface area (Å²) in [6.07, 6.45) is 11.5. The first kappa shape index (κ1) is 31.7. The smallest absolute Gasteiger partial charge is 0.306 e. The molecular formula is C29H56O6Si. The van der Waals surface area contributed by atoms with Crippen molar-refractivity contribution >= 4 is 14.3 Å². The molecular weight excluding hydrogens is 472 g/mol. The largest absolute Gasteiger partial charge is 0.463 e. The van der Waals surface area contributed by atoms with Crippen molar-refractivity contribution < 1.29 is 28.5 Å². The van der Waals surface area contributed by atoms with Gasteiger partial charge in [-0.3, -0.25) is 4.79 Å². The molecule has 1 unspecified atom stereocenters. The molecule has 2 rings (SSSR count). The van der Waals surface area contributed by atoms with Gasteiger partial charge in [-0.25, -0.2) is 0 Å². The maximum atomic E-state index is 11.6. The lowest BCUT2D eigenvalue weighted by molar-refractivity contribution is -0.197. The van der Waals surface area contributed by atoms with Crippen molar-refractivity contribution in [1.29, 1.82) is 0 Å². The van der Waals surface area contributed by atoms with Crippen LogP contribution in [-0.2, 0) is 23.4 Å². The van der Waals surface area contributed by atoms with Crippen molar-refractivity contribution in [2.24, 2.45) is 11.8 Å². The minimum atomic E-state index is -1.88. The fraction of sp³-hybridized carbons (Fsp3) is 0.966. The average molecular weight is 529 g/mol. The number of hydrogen-bond acceptors (Lipinski definition) is 6. The maximum absolute atomic E-state index is 11.6. The van der Waals surface area contributed by atoms with E-state index in [1.807, 2.05) is 13.8 Å². The normalized spacial score (nSPS) is 27.5. The average Bonchev–Trinajstić information content (AvgIpc) is 3.07. The van der Waals surface area contributed by atoms with E-state index >= 15 is 0 Å². The zero-order chi connectivity index (χ0) is 26.8. The Bertz CT molecular complexity index is 626. The van der Waals surface area contributed by atoms with Crippen LogP contribution in [0.4, 0.5) is 0 Å². The van der Waals surface area contributed by atoms with E-state index in [1.165, 1.54) is 6.42 Å². The fourth-order valence-electron chi connectivity index (χ4n) is 5.16. The lowest BCUT2D eigenvalue weighted by Crippen LogP contribution is -2.44. The SMILES string of the molecule is CC(C)OC(=O)CCCCCCCC[C@@H]1[C@@H](CO[Si](C)(C)C(C)(C)C)[C@H](OC2CCCCO2)C[C@@H]1O. The predicted octanol–water partition coefficient (Wildman–Crippen LogP) is 6.99. The fourth-order valence-corrected chi connectivity index (χ4v) is 6.20. The zero-order valence-corrected chi connectivity index (χ0v) is 25.4. The van der Waals surface area contributed by atoms with Crippen LogP contribution < -0.4 is 0 Å². The molecule has 1 aliphatic carbocycles. The van der Waals surface area contributed by atoms with Crippen molar-refractivity contribution in [2.45, 2.75) is 154 Å². The van der Waals surface area contributed by atoms with Crippen LogP contribution in [0.15, 0.2) is 0 Å². The first-order valence-electron chi connectivity index (χ1n) is 14.7. The van der Waals surface area contributed by atoms with Crippen LogP contribution in [0.5, 0.6) is 0 Å². The van der Waals surface area contributed by atoms with Gasteiger partial charge < -0.3 is 23.7 Å². The van der Waals surface area contributed by atoms with E-state index in [0.717, 1.165) is 64.4 Å². The molecule has 36 heavy (non-hydrogen) atoms. The minimum Gasteiger partial charge on any atom is -0.463 e. The molecule has 0 spiro atoms. The molecule has 2 fully saturated rings. The third kappa shape index (κ3) is 10.7. The van der Waals surface area contributed by atoms with Gasteiger partial charge in [0.1, 0.15) is 0 Å². The number of aliphatic hydroxyl groups is 1. The second-order valence-corrected chi connectivity index (χ2v) is 17.7. The third-order valence-electron chi connectivity index (χ3n) is 8.44. The maximum Gasteiger partial charge on any atom is 0.306 e. The summed E-state index contributed by atoms with van der Waals surface area (Å²) in [4.78, 5) is 11.6. The van der Waals surface area contributed by atoms with Gasteiger partial charge in [-0.15, -0.1) is 0 Å². The van der Waals surface area contributed by atoms with Crippen LogP contribution in [-0.4, -0.2) is 57.2 Å². The van der Waals surface area contributed by atoms with Crippen molar-refractivity contribution in [3.05, 3.63) is 0 Å². The van der Waals surface area contributed by atoms with Crippen LogP contribution in [0.25, 0.3) is 0 Å². The Labute approximate surface area is 222 Å². The summed E-state index contributed by atoms with van der Waals surface area (Å²) >= 11 is 0. The van der Waals surface area contributed by atoms with E-state index in [-0.39, 0.29) is 47.4 Å². The molecule has 212 valence electrons. The Balaban J connectivity index is 1.81. The first-order chi connectivity index (χ1) is 16.9. The number of carbonyl (C=O) groups excluding carboxylic acids is 1. The van der Waals surface area contributed by atoms with Gasteiger partial charge in [0.15, 0.2) is 14.6 Å². The van der Waals surface area contributed by atoms with Gasteiger partial charge in [-0.2, -0.15) is 0 Å². The summed E-state index contributed by atoms with van der Waals surface area (Å²) in [6, 6.07) is 0. The topological polar surface area (TPSA) is 74.2 Å². The Morgan fingerprint density at radius 3 is 2.31 bits per heavy atom. The number of unbranched alkanes of at least 4 members (excludes halogenated alkanes) is 5. The number of rotatable bonds is 15. The summed E-state index contributed by atoms with van der Waals surface area (Å²) in [6.45, 7) is 16.6. The van der Waals surface area contributed by atoms with Crippen LogP contribution in [0.2, 0.25) is 18.1 Å². The first-order valence-corrected chi connectivity index (χ1v) is 17.6. The lowest BCUT2D eigenvalue weighted by atomic mass is 9.89. The van der Waals surface area contributed by atoms with E-state index in [2.05, 4.69) is 33.9 Å². The summed E-state index contributed by atoms with van der Waals surface area (Å²) < 4.78 is 24.2. The summed E-state index contributed by atoms with van der Waals surface area (Å²) in [5, 5.41) is 11.2. The highest BCUT2D eigenvalue weighted by molar-refractivity contribution is 6.74. The third-order valence-corrected chi connectivity index (χ3v) is 12.9. The Hall–Kier alpha value is -0.473. The molecule has 0 bridgehead atoms. The predicted molar refractivity (Wildman–Crippen MR) is 147 cm³/mol. The van der Waals surface area contributed by atoms with Crippen LogP contribution in [0.1, 0.15) is 112 Å². The lowest BCUT2D eigenvalue weighted by Gasteiger charge is -2.38. The van der Waals surface area contributed by atoms with Gasteiger partial charge in [0.2, 0.25) is 0 Å². The monoisotopic (exact) mass is 528 g/mol. The van der Waals surface area contributed by atoms with Crippen molar-refractivity contribution in [3.8, 4) is 0 Å². The van der Waals surface area contributed by atoms with Crippen molar-refractivity contribution in [3.63, 3.8) is 0 Å². The van der Waals surface area contributed by atoms with E-state index in [1.54, 1.807) is 0 Å². The molecule has 2 aliphatic rings. The van der Waals surface area contributed by atoms with Gasteiger partial charge in [0, 0.05) is 32.0 Å². The van der Waals surface area contributed by atoms with E-state index in [4.69, 9.17) is 18.6 Å². The summed E-state index contributed by atoms with van der Waals surface area (Å²) in [5.74, 6) is 0.349. The number of aliphatic hydroxyl groups excluding tert-OH is 1. The Kier molecular flexibility index (Phi) is 13.4. The molecule has 0 aromatic rings. The second kappa shape index (κ2) is 15.2. The summed E-state index contributed by atoms with van der Waals surface area (Å²) in [7, 11) is -1.88. The van der Waals surface area contributed by atoms with Gasteiger partial charge in [0.25, 0.3) is 0 Å². The molecule has 0 aromatic heterocycles. The Morgan fingerprint density at radius 1 is 1.03 bits per heavy atom. The van der Waals surface area contributed by atoms with Crippen LogP contribution in [0.3, 0.4) is 0 Å². The molecule has 1 saturated carbocycles. The number of ether oxygens (including phenoxy) is 3. The molecule has 0 amide bonds. The van der Waals surface area contributed by atoms with E-state index in [0.29, 0.717) is 19.4 Å².